The van der Waals surface area contributed by atoms with E-state index in [9.17, 15) is 21.6 Å². The molecule has 0 aliphatic rings. The molecule has 0 saturated carbocycles. The summed E-state index contributed by atoms with van der Waals surface area (Å²) in [5.74, 6) is 0. The summed E-state index contributed by atoms with van der Waals surface area (Å²) in [6, 6.07) is 1.58. The van der Waals surface area contributed by atoms with E-state index in [1.807, 2.05) is 0 Å². The molecule has 0 radical (unpaired) electrons. The highest BCUT2D eigenvalue weighted by Gasteiger charge is 2.19. The summed E-state index contributed by atoms with van der Waals surface area (Å²) in [5.41, 5.74) is -1.55. The lowest BCUT2D eigenvalue weighted by atomic mass is 10.5. The average Bonchev–Trinajstić information content (AvgIpc) is 1.99. The van der Waals surface area contributed by atoms with Crippen LogP contribution < -0.4 is 5.56 Å². The van der Waals surface area contributed by atoms with E-state index in [1.165, 1.54) is 0 Å². The Morgan fingerprint density at radius 2 is 1.67 bits per heavy atom. The third-order valence-electron chi connectivity index (χ3n) is 1.41. The van der Waals surface area contributed by atoms with E-state index in [0.29, 0.717) is 12.3 Å². The lowest BCUT2D eigenvalue weighted by molar-refractivity contribution is 0.468. The molecule has 1 aromatic rings. The van der Waals surface area contributed by atoms with Crippen molar-refractivity contribution in [2.45, 2.75) is 4.90 Å². The van der Waals surface area contributed by atoms with E-state index >= 15 is 0 Å². The van der Waals surface area contributed by atoms with Crippen molar-refractivity contribution in [3.8, 4) is 0 Å². The molecule has 0 aliphatic carbocycles. The number of hydrogen-bond acceptors (Lipinski definition) is 5. The van der Waals surface area contributed by atoms with Gasteiger partial charge >= 0.3 is 10.3 Å². The van der Waals surface area contributed by atoms with E-state index in [4.69, 9.17) is 9.11 Å². The highest BCUT2D eigenvalue weighted by atomic mass is 32.2. The van der Waals surface area contributed by atoms with Crippen molar-refractivity contribution in [3.05, 3.63) is 28.7 Å². The third kappa shape index (κ3) is 2.41. The van der Waals surface area contributed by atoms with Crippen molar-refractivity contribution in [2.24, 2.45) is 0 Å². The van der Waals surface area contributed by atoms with Gasteiger partial charge in [-0.2, -0.15) is 20.8 Å². The number of nitrogens with zero attached hydrogens (tertiary/aromatic N) is 1. The largest absolute Gasteiger partial charge is 0.366 e. The average molecular weight is 255 g/mol. The number of aromatic nitrogens is 1. The monoisotopic (exact) mass is 255 g/mol. The molecular formula is C5H5NO7S2. The van der Waals surface area contributed by atoms with Crippen LogP contribution in [0.4, 0.5) is 0 Å². The fourth-order valence-electron chi connectivity index (χ4n) is 0.834. The van der Waals surface area contributed by atoms with Crippen LogP contribution >= 0.6 is 0 Å². The maximum Gasteiger partial charge on any atom is 0.366 e. The van der Waals surface area contributed by atoms with Crippen LogP contribution in [0.1, 0.15) is 0 Å². The molecule has 0 fully saturated rings. The Kier molecular flexibility index (Phi) is 2.69. The topological polar surface area (TPSA) is 131 Å². The maximum atomic E-state index is 11.1. The Bertz CT molecular complexity index is 585. The van der Waals surface area contributed by atoms with Crippen molar-refractivity contribution in [2.75, 3.05) is 0 Å². The van der Waals surface area contributed by atoms with Crippen molar-refractivity contribution < 1.29 is 25.9 Å². The van der Waals surface area contributed by atoms with Crippen molar-refractivity contribution in [1.82, 2.24) is 3.97 Å². The van der Waals surface area contributed by atoms with Gasteiger partial charge in [0, 0.05) is 6.20 Å². The summed E-state index contributed by atoms with van der Waals surface area (Å²) in [5, 5.41) is 0. The zero-order valence-corrected chi connectivity index (χ0v) is 8.56. The molecule has 8 nitrogen and oxygen atoms in total. The van der Waals surface area contributed by atoms with Gasteiger partial charge < -0.3 is 0 Å². The second-order valence-electron chi connectivity index (χ2n) is 2.43. The van der Waals surface area contributed by atoms with Gasteiger partial charge in [-0.3, -0.25) is 13.9 Å². The first-order valence-electron chi connectivity index (χ1n) is 3.31. The quantitative estimate of drug-likeness (QED) is 0.631. The maximum absolute atomic E-state index is 11.1. The number of pyridine rings is 1. The van der Waals surface area contributed by atoms with Crippen LogP contribution in [0.25, 0.3) is 0 Å². The highest BCUT2D eigenvalue weighted by Crippen LogP contribution is 2.01. The highest BCUT2D eigenvalue weighted by molar-refractivity contribution is 7.86. The SMILES string of the molecule is O=c1c(S(=O)(=O)O)cccn1S(=O)(=O)O. The standard InChI is InChI=1S/C5H5NO7S2/c7-5-4(14(8,9)10)2-1-3-6(5)15(11,12)13/h1-3H,(H,8,9,10)(H,11,12,13). The van der Waals surface area contributed by atoms with Crippen LogP contribution in [0.15, 0.2) is 28.0 Å². The minimum absolute atomic E-state index is 0.212. The van der Waals surface area contributed by atoms with Gasteiger partial charge in [-0.15, -0.1) is 0 Å². The predicted octanol–water partition coefficient (Wildman–Crippen LogP) is -1.25. The third-order valence-corrected chi connectivity index (χ3v) is 3.06. The molecule has 2 N–H and O–H groups in total. The molecule has 0 atom stereocenters. The van der Waals surface area contributed by atoms with Crippen LogP contribution in [-0.2, 0) is 20.4 Å². The number of hydrogen-bond donors (Lipinski definition) is 2. The summed E-state index contributed by atoms with van der Waals surface area (Å²) in [7, 11) is -9.71. The smallest absolute Gasteiger partial charge is 0.282 e. The Morgan fingerprint density at radius 1 is 1.13 bits per heavy atom. The molecule has 0 aromatic carbocycles. The van der Waals surface area contributed by atoms with Crippen LogP contribution in [0.3, 0.4) is 0 Å². The second kappa shape index (κ2) is 3.41. The van der Waals surface area contributed by atoms with Gasteiger partial charge in [-0.1, -0.05) is 0 Å². The van der Waals surface area contributed by atoms with Gasteiger partial charge in [0.1, 0.15) is 0 Å². The van der Waals surface area contributed by atoms with Crippen LogP contribution in [0.5, 0.6) is 0 Å². The van der Waals surface area contributed by atoms with Gasteiger partial charge in [0.25, 0.3) is 15.7 Å². The molecule has 84 valence electrons. The molecule has 1 heterocycles. The second-order valence-corrected chi connectivity index (χ2v) is 5.11. The summed E-state index contributed by atoms with van der Waals surface area (Å²) in [6.07, 6.45) is 0.645. The molecule has 10 heteroatoms. The molecule has 1 aromatic heterocycles. The van der Waals surface area contributed by atoms with Crippen LogP contribution in [-0.4, -0.2) is 29.9 Å². The van der Waals surface area contributed by atoms with Gasteiger partial charge in [0.15, 0.2) is 4.90 Å². The summed E-state index contributed by atoms with van der Waals surface area (Å²) < 4.78 is 59.2. The summed E-state index contributed by atoms with van der Waals surface area (Å²) in [6.45, 7) is 0. The minimum Gasteiger partial charge on any atom is -0.282 e. The molecule has 0 spiro atoms. The van der Waals surface area contributed by atoms with Crippen LogP contribution in [0, 0.1) is 0 Å². The first-order chi connectivity index (χ1) is 6.64. The van der Waals surface area contributed by atoms with Gasteiger partial charge in [0.05, 0.1) is 0 Å². The molecule has 1 rings (SSSR count). The molecule has 15 heavy (non-hydrogen) atoms. The zero-order valence-electron chi connectivity index (χ0n) is 6.93. The van der Waals surface area contributed by atoms with Crippen LogP contribution in [0.2, 0.25) is 0 Å². The fourth-order valence-corrected chi connectivity index (χ4v) is 1.99. The Labute approximate surface area is 84.4 Å². The summed E-state index contributed by atoms with van der Waals surface area (Å²) >= 11 is 0. The van der Waals surface area contributed by atoms with E-state index in [1.54, 1.807) is 0 Å². The Morgan fingerprint density at radius 3 is 2.07 bits per heavy atom. The summed E-state index contributed by atoms with van der Waals surface area (Å²) in [4.78, 5) is 10.0. The van der Waals surface area contributed by atoms with Crippen molar-refractivity contribution in [3.63, 3.8) is 0 Å². The number of rotatable bonds is 2. The first kappa shape index (κ1) is 11.8. The molecule has 0 saturated heterocycles. The Balaban J connectivity index is 3.74. The molecule has 0 amide bonds. The Hall–Kier alpha value is -1.23. The van der Waals surface area contributed by atoms with E-state index in [0.717, 1.165) is 6.07 Å². The minimum atomic E-state index is -4.89. The van der Waals surface area contributed by atoms with Gasteiger partial charge in [-0.05, 0) is 12.1 Å². The van der Waals surface area contributed by atoms with E-state index in [2.05, 4.69) is 0 Å². The van der Waals surface area contributed by atoms with E-state index in [-0.39, 0.29) is 3.97 Å². The predicted molar refractivity (Wildman–Crippen MR) is 47.5 cm³/mol. The van der Waals surface area contributed by atoms with E-state index < -0.39 is 30.9 Å². The normalized spacial score (nSPS) is 12.7. The van der Waals surface area contributed by atoms with Gasteiger partial charge in [0.2, 0.25) is 0 Å². The fraction of sp³-hybridized carbons (Fsp3) is 0. The lowest BCUT2D eigenvalue weighted by Crippen LogP contribution is -2.29. The molecular weight excluding hydrogens is 250 g/mol. The molecule has 0 aliphatic heterocycles. The van der Waals surface area contributed by atoms with Gasteiger partial charge in [-0.25, -0.2) is 0 Å². The lowest BCUT2D eigenvalue weighted by Gasteiger charge is -2.01. The van der Waals surface area contributed by atoms with Crippen molar-refractivity contribution in [1.29, 1.82) is 0 Å². The first-order valence-corrected chi connectivity index (χ1v) is 6.15. The zero-order chi connectivity index (χ0) is 11.9. The van der Waals surface area contributed by atoms with Crippen molar-refractivity contribution >= 4 is 20.4 Å². The molecule has 0 bridgehead atoms. The molecule has 0 unspecified atom stereocenters.